The average Bonchev–Trinajstić information content (AvgIpc) is 2.53. The van der Waals surface area contributed by atoms with E-state index in [9.17, 15) is 9.90 Å². The quantitative estimate of drug-likeness (QED) is 0.860. The van der Waals surface area contributed by atoms with Gasteiger partial charge in [0, 0.05) is 17.1 Å². The van der Waals surface area contributed by atoms with Gasteiger partial charge in [0.25, 0.3) is 0 Å². The first-order chi connectivity index (χ1) is 10.6. The molecule has 0 bridgehead atoms. The summed E-state index contributed by atoms with van der Waals surface area (Å²) < 4.78 is 5.23. The van der Waals surface area contributed by atoms with Gasteiger partial charge in [0.05, 0.1) is 20.1 Å². The van der Waals surface area contributed by atoms with E-state index in [1.807, 2.05) is 24.3 Å². The van der Waals surface area contributed by atoms with E-state index in [-0.39, 0.29) is 18.9 Å². The van der Waals surface area contributed by atoms with Gasteiger partial charge in [-0.15, -0.1) is 0 Å². The van der Waals surface area contributed by atoms with Crippen molar-refractivity contribution in [3.05, 3.63) is 64.2 Å². The van der Waals surface area contributed by atoms with Gasteiger partial charge in [-0.1, -0.05) is 35.9 Å². The van der Waals surface area contributed by atoms with Crippen LogP contribution in [0, 0.1) is 0 Å². The molecular formula is C17H18ClNO3. The van der Waals surface area contributed by atoms with Gasteiger partial charge in [0.15, 0.2) is 0 Å². The van der Waals surface area contributed by atoms with Crippen molar-refractivity contribution in [1.29, 1.82) is 0 Å². The zero-order valence-corrected chi connectivity index (χ0v) is 13.1. The Balaban J connectivity index is 2.00. The van der Waals surface area contributed by atoms with Gasteiger partial charge in [-0.2, -0.15) is 0 Å². The maximum atomic E-state index is 12.1. The van der Waals surface area contributed by atoms with E-state index < -0.39 is 0 Å². The van der Waals surface area contributed by atoms with Crippen LogP contribution in [0.15, 0.2) is 42.5 Å². The van der Waals surface area contributed by atoms with Crippen LogP contribution < -0.4 is 10.1 Å². The second-order valence-electron chi connectivity index (χ2n) is 4.84. The van der Waals surface area contributed by atoms with Gasteiger partial charge in [-0.3, -0.25) is 4.79 Å². The smallest absolute Gasteiger partial charge is 0.224 e. The fourth-order valence-corrected chi connectivity index (χ4v) is 2.39. The number of benzene rings is 2. The highest BCUT2D eigenvalue weighted by atomic mass is 35.5. The Morgan fingerprint density at radius 3 is 2.59 bits per heavy atom. The van der Waals surface area contributed by atoms with Crippen molar-refractivity contribution in [3.8, 4) is 5.75 Å². The molecule has 5 heteroatoms. The topological polar surface area (TPSA) is 58.6 Å². The van der Waals surface area contributed by atoms with Crippen molar-refractivity contribution in [1.82, 2.24) is 5.32 Å². The van der Waals surface area contributed by atoms with Crippen molar-refractivity contribution in [2.45, 2.75) is 19.6 Å². The minimum atomic E-state index is -0.131. The van der Waals surface area contributed by atoms with Crippen LogP contribution in [-0.2, 0) is 24.4 Å². The lowest BCUT2D eigenvalue weighted by molar-refractivity contribution is -0.120. The minimum Gasteiger partial charge on any atom is -0.496 e. The summed E-state index contributed by atoms with van der Waals surface area (Å²) in [4.78, 5) is 12.1. The number of carbonyl (C=O) groups is 1. The van der Waals surface area contributed by atoms with E-state index in [1.165, 1.54) is 0 Å². The molecule has 2 N–H and O–H groups in total. The van der Waals surface area contributed by atoms with Crippen molar-refractivity contribution in [2.24, 2.45) is 0 Å². The predicted molar refractivity (Wildman–Crippen MR) is 85.9 cm³/mol. The lowest BCUT2D eigenvalue weighted by atomic mass is 10.1. The number of methoxy groups -OCH3 is 1. The van der Waals surface area contributed by atoms with E-state index in [4.69, 9.17) is 16.3 Å². The van der Waals surface area contributed by atoms with Crippen molar-refractivity contribution < 1.29 is 14.6 Å². The molecule has 22 heavy (non-hydrogen) atoms. The summed E-state index contributed by atoms with van der Waals surface area (Å²) in [6.07, 6.45) is 0.186. The fraction of sp³-hybridized carbons (Fsp3) is 0.235. The van der Waals surface area contributed by atoms with E-state index in [0.717, 1.165) is 16.7 Å². The molecule has 0 heterocycles. The van der Waals surface area contributed by atoms with Gasteiger partial charge in [0.1, 0.15) is 5.75 Å². The molecule has 2 aromatic carbocycles. The van der Waals surface area contributed by atoms with Crippen LogP contribution in [0.1, 0.15) is 16.7 Å². The molecule has 0 aliphatic carbocycles. The standard InChI is InChI=1S/C17H18ClNO3/c1-22-16-7-6-15(18)8-14(16)9-17(21)19-10-12-4-2-3-5-13(12)11-20/h2-8,20H,9-11H2,1H3,(H,19,21). The summed E-state index contributed by atoms with van der Waals surface area (Å²) in [7, 11) is 1.56. The molecule has 0 saturated heterocycles. The third-order valence-electron chi connectivity index (χ3n) is 3.36. The number of hydrogen-bond donors (Lipinski definition) is 2. The Morgan fingerprint density at radius 2 is 1.91 bits per heavy atom. The first kappa shape index (κ1) is 16.3. The lowest BCUT2D eigenvalue weighted by Gasteiger charge is -2.11. The Bertz CT molecular complexity index is 658. The Hall–Kier alpha value is -2.04. The summed E-state index contributed by atoms with van der Waals surface area (Å²) in [5.74, 6) is 0.503. The molecular weight excluding hydrogens is 302 g/mol. The molecule has 0 saturated carbocycles. The van der Waals surface area contributed by atoms with Gasteiger partial charge in [0.2, 0.25) is 5.91 Å². The minimum absolute atomic E-state index is 0.0475. The summed E-state index contributed by atoms with van der Waals surface area (Å²) in [5.41, 5.74) is 2.45. The molecule has 0 aliphatic rings. The number of carbonyl (C=O) groups excluding carboxylic acids is 1. The molecule has 116 valence electrons. The molecule has 2 aromatic rings. The molecule has 1 amide bonds. The van der Waals surface area contributed by atoms with Gasteiger partial charge in [-0.25, -0.2) is 0 Å². The van der Waals surface area contributed by atoms with Crippen LogP contribution >= 0.6 is 11.6 Å². The molecule has 4 nitrogen and oxygen atoms in total. The van der Waals surface area contributed by atoms with Crippen LogP contribution in [-0.4, -0.2) is 18.1 Å². The lowest BCUT2D eigenvalue weighted by Crippen LogP contribution is -2.25. The second-order valence-corrected chi connectivity index (χ2v) is 5.27. The third-order valence-corrected chi connectivity index (χ3v) is 3.59. The van der Waals surface area contributed by atoms with Gasteiger partial charge in [-0.05, 0) is 29.3 Å². The monoisotopic (exact) mass is 319 g/mol. The number of hydrogen-bond acceptors (Lipinski definition) is 3. The van der Waals surface area contributed by atoms with Crippen LogP contribution in [0.2, 0.25) is 5.02 Å². The van der Waals surface area contributed by atoms with E-state index in [0.29, 0.717) is 17.3 Å². The molecule has 0 unspecified atom stereocenters. The van der Waals surface area contributed by atoms with E-state index in [1.54, 1.807) is 25.3 Å². The normalized spacial score (nSPS) is 10.3. The zero-order chi connectivity index (χ0) is 15.9. The van der Waals surface area contributed by atoms with Gasteiger partial charge < -0.3 is 15.2 Å². The summed E-state index contributed by atoms with van der Waals surface area (Å²) in [6.45, 7) is 0.326. The number of nitrogens with one attached hydrogen (secondary N) is 1. The highest BCUT2D eigenvalue weighted by molar-refractivity contribution is 6.30. The first-order valence-corrected chi connectivity index (χ1v) is 7.28. The van der Waals surface area contributed by atoms with Crippen LogP contribution in [0.25, 0.3) is 0 Å². The highest BCUT2D eigenvalue weighted by Crippen LogP contribution is 2.23. The average molecular weight is 320 g/mol. The van der Waals surface area contributed by atoms with Crippen LogP contribution in [0.4, 0.5) is 0 Å². The number of aliphatic hydroxyl groups is 1. The maximum absolute atomic E-state index is 12.1. The molecule has 0 aromatic heterocycles. The SMILES string of the molecule is COc1ccc(Cl)cc1CC(=O)NCc1ccccc1CO. The third kappa shape index (κ3) is 4.23. The number of amides is 1. The maximum Gasteiger partial charge on any atom is 0.224 e. The number of aliphatic hydroxyl groups excluding tert-OH is 1. The zero-order valence-electron chi connectivity index (χ0n) is 12.3. The predicted octanol–water partition coefficient (Wildman–Crippen LogP) is 2.70. The van der Waals surface area contributed by atoms with Crippen molar-refractivity contribution in [2.75, 3.05) is 7.11 Å². The molecule has 0 radical (unpaired) electrons. The van der Waals surface area contributed by atoms with E-state index in [2.05, 4.69) is 5.32 Å². The molecule has 0 atom stereocenters. The van der Waals surface area contributed by atoms with Crippen molar-refractivity contribution >= 4 is 17.5 Å². The molecule has 2 rings (SSSR count). The fourth-order valence-electron chi connectivity index (χ4n) is 2.20. The second kappa shape index (κ2) is 7.82. The highest BCUT2D eigenvalue weighted by Gasteiger charge is 2.10. The molecule has 0 aliphatic heterocycles. The van der Waals surface area contributed by atoms with Crippen molar-refractivity contribution in [3.63, 3.8) is 0 Å². The van der Waals surface area contributed by atoms with E-state index >= 15 is 0 Å². The molecule has 0 spiro atoms. The summed E-state index contributed by atoms with van der Waals surface area (Å²) in [5, 5.41) is 12.7. The first-order valence-electron chi connectivity index (χ1n) is 6.90. The van der Waals surface area contributed by atoms with Crippen LogP contribution in [0.3, 0.4) is 0 Å². The largest absolute Gasteiger partial charge is 0.496 e. The van der Waals surface area contributed by atoms with Gasteiger partial charge >= 0.3 is 0 Å². The number of rotatable bonds is 6. The Kier molecular flexibility index (Phi) is 5.81. The Morgan fingerprint density at radius 1 is 1.18 bits per heavy atom. The summed E-state index contributed by atoms with van der Waals surface area (Å²) >= 11 is 5.95. The number of halogens is 1. The Labute approximate surface area is 134 Å². The molecule has 0 fully saturated rings. The van der Waals surface area contributed by atoms with Crippen LogP contribution in [0.5, 0.6) is 5.75 Å². The summed E-state index contributed by atoms with van der Waals surface area (Å²) in [6, 6.07) is 12.6. The number of ether oxygens (including phenoxy) is 1.